The molecule has 0 amide bonds. The maximum atomic E-state index is 6.66. The second kappa shape index (κ2) is 18.3. The zero-order chi connectivity index (χ0) is 45.0. The molecule has 1 aliphatic rings. The third-order valence-corrected chi connectivity index (χ3v) is 17.8. The van der Waals surface area contributed by atoms with Crippen LogP contribution in [0.4, 0.5) is 17.1 Å². The third-order valence-electron chi connectivity index (χ3n) is 13.3. The van der Waals surface area contributed by atoms with Gasteiger partial charge in [0.2, 0.25) is 0 Å². The first kappa shape index (κ1) is 41.5. The van der Waals surface area contributed by atoms with E-state index in [0.717, 1.165) is 68.5 Å². The highest BCUT2D eigenvalue weighted by molar-refractivity contribution is 7.14. The number of furan rings is 1. The van der Waals surface area contributed by atoms with Crippen molar-refractivity contribution in [1.82, 2.24) is 0 Å². The van der Waals surface area contributed by atoms with E-state index in [2.05, 4.69) is 260 Å². The molecule has 1 aromatic heterocycles. The van der Waals surface area contributed by atoms with Gasteiger partial charge in [0, 0.05) is 33.9 Å². The van der Waals surface area contributed by atoms with Gasteiger partial charge in [-0.15, -0.1) is 0 Å². The molecule has 3 heteroatoms. The van der Waals surface area contributed by atoms with Gasteiger partial charge < -0.3 is 9.32 Å². The van der Waals surface area contributed by atoms with Crippen molar-refractivity contribution < 1.29 is 4.42 Å². The van der Waals surface area contributed by atoms with Crippen LogP contribution in [0.25, 0.3) is 50.3 Å². The molecule has 0 saturated heterocycles. The summed E-state index contributed by atoms with van der Waals surface area (Å²) >= 11 is 0. The second-order valence-corrected chi connectivity index (χ2v) is 20.9. The van der Waals surface area contributed by atoms with Crippen LogP contribution in [0.1, 0.15) is 24.0 Å². The Kier molecular flexibility index (Phi) is 11.3. The largest absolute Gasteiger partial charge is 0.456 e. The van der Waals surface area contributed by atoms with Crippen molar-refractivity contribution in [3.05, 3.63) is 283 Å². The monoisotopic (exact) mass is 875 g/mol. The zero-order valence-corrected chi connectivity index (χ0v) is 38.3. The minimum absolute atomic E-state index is 0.853. The average molecular weight is 876 g/mol. The summed E-state index contributed by atoms with van der Waals surface area (Å²) in [6.45, 7) is 4.29. The fourth-order valence-corrected chi connectivity index (χ4v) is 14.1. The molecular weight excluding hydrogens is 827 g/mol. The Morgan fingerprint density at radius 1 is 0.493 bits per heavy atom. The molecule has 0 N–H and O–H groups in total. The van der Waals surface area contributed by atoms with Gasteiger partial charge in [-0.2, -0.15) is 0 Å². The number of fused-ring (bicyclic) bond motifs is 4. The topological polar surface area (TPSA) is 16.4 Å². The van der Waals surface area contributed by atoms with Crippen molar-refractivity contribution in [3.63, 3.8) is 0 Å². The number of hydrogen-bond acceptors (Lipinski definition) is 2. The molecule has 0 bridgehead atoms. The molecule has 1 aliphatic carbocycles. The van der Waals surface area contributed by atoms with Gasteiger partial charge in [0.1, 0.15) is 11.2 Å². The first-order valence-electron chi connectivity index (χ1n) is 23.2. The molecule has 0 spiro atoms. The summed E-state index contributed by atoms with van der Waals surface area (Å²) < 4.78 is 6.66. The summed E-state index contributed by atoms with van der Waals surface area (Å²) in [5, 5.41) is 8.87. The van der Waals surface area contributed by atoms with E-state index in [9.17, 15) is 0 Å². The van der Waals surface area contributed by atoms with Crippen LogP contribution in [-0.2, 0) is 0 Å². The maximum Gasteiger partial charge on any atom is 0.172 e. The fourth-order valence-electron chi connectivity index (χ4n) is 10.0. The number of rotatable bonds is 12. The predicted octanol–water partition coefficient (Wildman–Crippen LogP) is 13.3. The van der Waals surface area contributed by atoms with Gasteiger partial charge in [0.25, 0.3) is 0 Å². The van der Waals surface area contributed by atoms with E-state index in [1.54, 1.807) is 0 Å². The highest BCUT2D eigenvalue weighted by Crippen LogP contribution is 2.40. The Balaban J connectivity index is 0.981. The smallest absolute Gasteiger partial charge is 0.172 e. The lowest BCUT2D eigenvalue weighted by atomic mass is 9.93. The van der Waals surface area contributed by atoms with Gasteiger partial charge in [-0.25, -0.2) is 0 Å². The molecule has 0 atom stereocenters. The fraction of sp³-hybridized carbons (Fsp3) is 0.0312. The SMILES string of the molecule is C=C/C(=C\C=C\[Si](c1ccccc1)(c1ccccc1)c1ccccc1)c1ccc(N(c2ccc(C3=c4ccccc4=CCC3)cc2)c2ccc3c(c2)oc2cc(-c4ccccc4)ccc23)cc1. The van der Waals surface area contributed by atoms with Crippen molar-refractivity contribution in [1.29, 1.82) is 0 Å². The molecule has 1 heterocycles. The van der Waals surface area contributed by atoms with Crippen molar-refractivity contribution >= 4 is 79.9 Å². The molecule has 2 nitrogen and oxygen atoms in total. The Labute approximate surface area is 393 Å². The molecule has 0 radical (unpaired) electrons. The summed E-state index contributed by atoms with van der Waals surface area (Å²) in [4.78, 5) is 2.33. The molecular formula is C64H49NOSi. The molecule has 0 fully saturated rings. The Morgan fingerprint density at radius 2 is 1.01 bits per heavy atom. The first-order valence-corrected chi connectivity index (χ1v) is 25.2. The number of hydrogen-bond donors (Lipinski definition) is 0. The molecule has 0 saturated carbocycles. The molecule has 67 heavy (non-hydrogen) atoms. The predicted molar refractivity (Wildman–Crippen MR) is 287 cm³/mol. The van der Waals surface area contributed by atoms with E-state index in [4.69, 9.17) is 4.42 Å². The summed E-state index contributed by atoms with van der Waals surface area (Å²) in [5.74, 6) is 0. The molecule has 320 valence electrons. The van der Waals surface area contributed by atoms with Gasteiger partial charge >= 0.3 is 0 Å². The number of benzene rings is 9. The average Bonchev–Trinajstić information content (AvgIpc) is 3.77. The summed E-state index contributed by atoms with van der Waals surface area (Å²) in [6, 6.07) is 83.3. The van der Waals surface area contributed by atoms with E-state index in [-0.39, 0.29) is 0 Å². The Hall–Kier alpha value is -8.24. The van der Waals surface area contributed by atoms with Crippen molar-refractivity contribution in [2.24, 2.45) is 0 Å². The Morgan fingerprint density at radius 3 is 1.64 bits per heavy atom. The minimum Gasteiger partial charge on any atom is -0.456 e. The van der Waals surface area contributed by atoms with E-state index in [0.29, 0.717) is 0 Å². The Bertz CT molecular complexity index is 3460. The van der Waals surface area contributed by atoms with Crippen LogP contribution in [0, 0.1) is 0 Å². The quantitative estimate of drug-likeness (QED) is 0.0691. The normalized spacial score (nSPS) is 12.8. The highest BCUT2D eigenvalue weighted by atomic mass is 28.3. The minimum atomic E-state index is -2.56. The molecule has 10 aromatic rings. The lowest BCUT2D eigenvalue weighted by Crippen LogP contribution is -2.66. The number of anilines is 3. The van der Waals surface area contributed by atoms with Crippen LogP contribution in [0.3, 0.4) is 0 Å². The van der Waals surface area contributed by atoms with Gasteiger partial charge in [-0.3, -0.25) is 0 Å². The highest BCUT2D eigenvalue weighted by Gasteiger charge is 2.36. The first-order chi connectivity index (χ1) is 33.2. The third kappa shape index (κ3) is 8.01. The number of allylic oxidation sites excluding steroid dienone is 4. The van der Waals surface area contributed by atoms with Gasteiger partial charge in [0.05, 0.1) is 0 Å². The van der Waals surface area contributed by atoms with E-state index in [1.807, 2.05) is 12.1 Å². The van der Waals surface area contributed by atoms with Crippen LogP contribution in [0.15, 0.2) is 265 Å². The lowest BCUT2D eigenvalue weighted by Gasteiger charge is -2.30. The summed E-state index contributed by atoms with van der Waals surface area (Å²) in [7, 11) is -2.56. The van der Waals surface area contributed by atoms with Gasteiger partial charge in [0.15, 0.2) is 8.07 Å². The van der Waals surface area contributed by atoms with Gasteiger partial charge in [-0.05, 0) is 121 Å². The zero-order valence-electron chi connectivity index (χ0n) is 37.3. The van der Waals surface area contributed by atoms with Crippen LogP contribution in [-0.4, -0.2) is 8.07 Å². The molecule has 0 unspecified atom stereocenters. The van der Waals surface area contributed by atoms with Crippen LogP contribution >= 0.6 is 0 Å². The molecule has 9 aromatic carbocycles. The van der Waals surface area contributed by atoms with Crippen molar-refractivity contribution in [2.75, 3.05) is 4.90 Å². The molecule has 0 aliphatic heterocycles. The lowest BCUT2D eigenvalue weighted by molar-refractivity contribution is 0.669. The maximum absolute atomic E-state index is 6.66. The van der Waals surface area contributed by atoms with Crippen LogP contribution in [0.5, 0.6) is 0 Å². The van der Waals surface area contributed by atoms with Gasteiger partial charge in [-0.1, -0.05) is 213 Å². The molecule has 11 rings (SSSR count). The van der Waals surface area contributed by atoms with Crippen molar-refractivity contribution in [2.45, 2.75) is 12.8 Å². The van der Waals surface area contributed by atoms with Crippen LogP contribution < -0.4 is 30.9 Å². The van der Waals surface area contributed by atoms with Crippen molar-refractivity contribution in [3.8, 4) is 11.1 Å². The van der Waals surface area contributed by atoms with E-state index < -0.39 is 8.07 Å². The van der Waals surface area contributed by atoms with E-state index >= 15 is 0 Å². The number of nitrogens with zero attached hydrogens (tertiary/aromatic N) is 1. The van der Waals surface area contributed by atoms with Crippen LogP contribution in [0.2, 0.25) is 0 Å². The van der Waals surface area contributed by atoms with E-state index in [1.165, 1.54) is 42.7 Å². The summed E-state index contributed by atoms with van der Waals surface area (Å²) in [5.41, 5.74) is 14.4. The standard InChI is InChI=1S/C64H49NOSi/c1-2-47(23-18-44-67(56-24-9-4-10-25-56,57-26-11-5-12-27-57)58-28-13-6-14-29-58)49-32-37-53(38-33-49)65(54-39-34-51(35-40-54)60-31-17-22-50-21-15-16-30-59(50)60)55-41-43-62-61-42-36-52(48-19-7-3-8-20-48)45-63(61)66-64(62)46-55/h2-16,18-30,32-46H,1,17,31H2/b44-18+,47-23+. The second-order valence-electron chi connectivity index (χ2n) is 17.2. The summed E-state index contributed by atoms with van der Waals surface area (Å²) in [6.07, 6.45) is 10.9.